The Labute approximate surface area is 129 Å². The van der Waals surface area contributed by atoms with E-state index < -0.39 is 0 Å². The van der Waals surface area contributed by atoms with Crippen LogP contribution in [0.1, 0.15) is 24.8 Å². The predicted octanol–water partition coefficient (Wildman–Crippen LogP) is 4.09. The summed E-state index contributed by atoms with van der Waals surface area (Å²) in [7, 11) is 0. The third-order valence-electron chi connectivity index (χ3n) is 3.30. The van der Waals surface area contributed by atoms with Crippen LogP contribution >= 0.6 is 34.4 Å². The minimum Gasteiger partial charge on any atom is -0.353 e. The Kier molecular flexibility index (Phi) is 4.78. The molecule has 2 aromatic heterocycles. The molecule has 0 saturated carbocycles. The van der Waals surface area contributed by atoms with E-state index >= 15 is 0 Å². The van der Waals surface area contributed by atoms with E-state index in [1.54, 1.807) is 23.1 Å². The summed E-state index contributed by atoms with van der Waals surface area (Å²) in [5.41, 5.74) is 0.903. The molecule has 0 N–H and O–H groups in total. The zero-order chi connectivity index (χ0) is 13.9. The summed E-state index contributed by atoms with van der Waals surface area (Å²) in [6.07, 6.45) is 5.02. The van der Waals surface area contributed by atoms with Gasteiger partial charge in [0.1, 0.15) is 0 Å². The Hall–Kier alpha value is -0.400. The molecule has 108 valence electrons. The van der Waals surface area contributed by atoms with E-state index in [-0.39, 0.29) is 11.7 Å². The van der Waals surface area contributed by atoms with Crippen molar-refractivity contribution >= 4 is 43.8 Å². The molecule has 0 spiro atoms. The lowest BCUT2D eigenvalue weighted by atomic mass is 10.2. The Morgan fingerprint density at radius 2 is 2.40 bits per heavy atom. The van der Waals surface area contributed by atoms with Crippen molar-refractivity contribution in [3.05, 3.63) is 27.2 Å². The number of thiophene rings is 1. The number of ether oxygens (including phenoxy) is 2. The van der Waals surface area contributed by atoms with Gasteiger partial charge in [-0.15, -0.1) is 34.4 Å². The van der Waals surface area contributed by atoms with Crippen molar-refractivity contribution in [1.82, 2.24) is 0 Å². The average molecular weight is 328 g/mol. The van der Waals surface area contributed by atoms with Gasteiger partial charge in [0.05, 0.1) is 25.8 Å². The maximum Gasteiger partial charge on any atom is 0.204 e. The minimum atomic E-state index is -0.151. The molecule has 0 bridgehead atoms. The van der Waals surface area contributed by atoms with Crippen LogP contribution in [-0.2, 0) is 16.1 Å². The zero-order valence-electron chi connectivity index (χ0n) is 11.2. The highest BCUT2D eigenvalue weighted by Gasteiger charge is 2.18. The van der Waals surface area contributed by atoms with Gasteiger partial charge < -0.3 is 9.47 Å². The average Bonchev–Trinajstić information content (AvgIpc) is 2.95. The number of rotatable bonds is 4. The predicted molar refractivity (Wildman–Crippen MR) is 86.1 cm³/mol. The van der Waals surface area contributed by atoms with Gasteiger partial charge in [0.25, 0.3) is 0 Å². The molecule has 1 saturated heterocycles. The standard InChI is InChI=1S/C14H16O3S3/c1-18-14-9(8-17-11-4-2-3-6-16-11)12(15)13-10(20-14)5-7-19-13/h5,7,11H,2-4,6,8H2,1H3. The van der Waals surface area contributed by atoms with E-state index in [2.05, 4.69) is 0 Å². The molecule has 3 rings (SSSR count). The highest BCUT2D eigenvalue weighted by atomic mass is 32.2. The second-order valence-corrected chi connectivity index (χ2v) is 7.67. The fourth-order valence-electron chi connectivity index (χ4n) is 2.24. The van der Waals surface area contributed by atoms with E-state index in [0.717, 1.165) is 45.0 Å². The molecule has 1 atom stereocenters. The van der Waals surface area contributed by atoms with Gasteiger partial charge in [-0.25, -0.2) is 0 Å². The molecule has 1 unspecified atom stereocenters. The number of hydrogen-bond acceptors (Lipinski definition) is 6. The van der Waals surface area contributed by atoms with Crippen molar-refractivity contribution in [1.29, 1.82) is 0 Å². The molecular weight excluding hydrogens is 312 g/mol. The number of hydrogen-bond donors (Lipinski definition) is 0. The smallest absolute Gasteiger partial charge is 0.204 e. The molecule has 1 fully saturated rings. The third kappa shape index (κ3) is 2.94. The van der Waals surface area contributed by atoms with Crippen LogP contribution in [0.5, 0.6) is 0 Å². The molecular formula is C14H16O3S3. The van der Waals surface area contributed by atoms with Crippen molar-refractivity contribution < 1.29 is 9.47 Å². The van der Waals surface area contributed by atoms with Crippen LogP contribution in [-0.4, -0.2) is 19.2 Å². The van der Waals surface area contributed by atoms with Gasteiger partial charge in [-0.1, -0.05) is 0 Å². The van der Waals surface area contributed by atoms with Crippen molar-refractivity contribution in [2.45, 2.75) is 36.4 Å². The zero-order valence-corrected chi connectivity index (χ0v) is 13.7. The van der Waals surface area contributed by atoms with Crippen LogP contribution in [0.2, 0.25) is 0 Å². The fraction of sp³-hybridized carbons (Fsp3) is 0.500. The summed E-state index contributed by atoms with van der Waals surface area (Å²) in [5, 5.41) is 1.97. The fourth-order valence-corrected chi connectivity index (χ4v) is 5.15. The van der Waals surface area contributed by atoms with Crippen molar-refractivity contribution in [2.75, 3.05) is 12.9 Å². The molecule has 3 heterocycles. The first kappa shape index (κ1) is 14.5. The first-order valence-corrected chi connectivity index (χ1v) is 9.52. The lowest BCUT2D eigenvalue weighted by molar-refractivity contribution is -0.169. The van der Waals surface area contributed by atoms with Crippen LogP contribution < -0.4 is 5.43 Å². The second kappa shape index (κ2) is 6.58. The molecule has 0 radical (unpaired) electrons. The largest absolute Gasteiger partial charge is 0.353 e. The SMILES string of the molecule is CSc1sc2ccsc2c(=O)c1COC1CCCCO1. The summed E-state index contributed by atoms with van der Waals surface area (Å²) in [6, 6.07) is 2.01. The molecule has 1 aliphatic rings. The molecule has 3 nitrogen and oxygen atoms in total. The van der Waals surface area contributed by atoms with Crippen molar-refractivity contribution in [2.24, 2.45) is 0 Å². The summed E-state index contributed by atoms with van der Waals surface area (Å²) >= 11 is 4.80. The Morgan fingerprint density at radius 3 is 3.15 bits per heavy atom. The quantitative estimate of drug-likeness (QED) is 0.792. The van der Waals surface area contributed by atoms with E-state index in [1.807, 2.05) is 17.7 Å². The van der Waals surface area contributed by atoms with E-state index in [9.17, 15) is 4.79 Å². The third-order valence-corrected chi connectivity index (χ3v) is 6.70. The van der Waals surface area contributed by atoms with Crippen LogP contribution in [0.25, 0.3) is 9.40 Å². The van der Waals surface area contributed by atoms with Crippen LogP contribution in [0.4, 0.5) is 0 Å². The van der Waals surface area contributed by atoms with E-state index in [1.165, 1.54) is 11.3 Å². The van der Waals surface area contributed by atoms with Crippen molar-refractivity contribution in [3.8, 4) is 0 Å². The topological polar surface area (TPSA) is 35.5 Å². The number of fused-ring (bicyclic) bond motifs is 1. The second-order valence-electron chi connectivity index (χ2n) is 4.62. The first-order valence-electron chi connectivity index (χ1n) is 6.60. The van der Waals surface area contributed by atoms with Crippen LogP contribution in [0.15, 0.2) is 20.5 Å². The monoisotopic (exact) mass is 328 g/mol. The summed E-state index contributed by atoms with van der Waals surface area (Å²) < 4.78 is 14.3. The Bertz CT molecular complexity index is 641. The van der Waals surface area contributed by atoms with Gasteiger partial charge in [0.15, 0.2) is 6.29 Å². The Morgan fingerprint density at radius 1 is 1.50 bits per heavy atom. The molecule has 0 aliphatic carbocycles. The lowest BCUT2D eigenvalue weighted by Crippen LogP contribution is -2.23. The Balaban J connectivity index is 1.85. The maximum absolute atomic E-state index is 12.5. The van der Waals surface area contributed by atoms with Gasteiger partial charge in [-0.05, 0) is 37.0 Å². The first-order chi connectivity index (χ1) is 9.79. The summed E-state index contributed by atoms with van der Waals surface area (Å²) in [5.74, 6) is 0. The highest BCUT2D eigenvalue weighted by molar-refractivity contribution is 8.00. The lowest BCUT2D eigenvalue weighted by Gasteiger charge is -2.22. The molecule has 6 heteroatoms. The van der Waals surface area contributed by atoms with Gasteiger partial charge in [-0.3, -0.25) is 4.79 Å². The molecule has 0 amide bonds. The molecule has 0 aromatic carbocycles. The van der Waals surface area contributed by atoms with Gasteiger partial charge in [0.2, 0.25) is 5.43 Å². The van der Waals surface area contributed by atoms with Gasteiger partial charge in [0, 0.05) is 6.61 Å². The highest BCUT2D eigenvalue weighted by Crippen LogP contribution is 2.32. The normalized spacial score (nSPS) is 19.6. The minimum absolute atomic E-state index is 0.119. The summed E-state index contributed by atoms with van der Waals surface area (Å²) in [4.78, 5) is 12.5. The summed E-state index contributed by atoms with van der Waals surface area (Å²) in [6.45, 7) is 1.11. The van der Waals surface area contributed by atoms with Gasteiger partial charge >= 0.3 is 0 Å². The molecule has 2 aromatic rings. The van der Waals surface area contributed by atoms with Gasteiger partial charge in [-0.2, -0.15) is 0 Å². The molecule has 20 heavy (non-hydrogen) atoms. The van der Waals surface area contributed by atoms with Crippen LogP contribution in [0.3, 0.4) is 0 Å². The van der Waals surface area contributed by atoms with Crippen molar-refractivity contribution in [3.63, 3.8) is 0 Å². The van der Waals surface area contributed by atoms with E-state index in [0.29, 0.717) is 6.61 Å². The maximum atomic E-state index is 12.5. The number of thioether (sulfide) groups is 1. The van der Waals surface area contributed by atoms with Crippen LogP contribution in [0, 0.1) is 0 Å². The molecule has 1 aliphatic heterocycles. The van der Waals surface area contributed by atoms with E-state index in [4.69, 9.17) is 9.47 Å².